The summed E-state index contributed by atoms with van der Waals surface area (Å²) < 4.78 is 0. The van der Waals surface area contributed by atoms with E-state index in [1.165, 1.54) is 18.9 Å². The van der Waals surface area contributed by atoms with Crippen LogP contribution in [-0.4, -0.2) is 46.5 Å². The van der Waals surface area contributed by atoms with Gasteiger partial charge >= 0.3 is 0 Å². The second-order valence-electron chi connectivity index (χ2n) is 11.4. The Morgan fingerprint density at radius 1 is 1.00 bits per heavy atom. The number of carbonyl (C=O) groups is 3. The zero-order valence-electron chi connectivity index (χ0n) is 21.1. The molecule has 5 aliphatic rings. The molecule has 194 valence electrons. The van der Waals surface area contributed by atoms with Crippen LogP contribution in [0, 0.1) is 47.3 Å². The van der Waals surface area contributed by atoms with Crippen molar-refractivity contribution in [3.63, 3.8) is 0 Å². The number of allylic oxidation sites excluding steroid dienone is 5. The topological polar surface area (TPSA) is 116 Å². The summed E-state index contributed by atoms with van der Waals surface area (Å²) in [5, 5.41) is 26.4. The smallest absolute Gasteiger partial charge is 0.259 e. The van der Waals surface area contributed by atoms with Gasteiger partial charge in [-0.25, -0.2) is 0 Å². The van der Waals surface area contributed by atoms with E-state index in [1.54, 1.807) is 6.08 Å². The van der Waals surface area contributed by atoms with Gasteiger partial charge in [0.2, 0.25) is 5.91 Å². The van der Waals surface area contributed by atoms with Gasteiger partial charge in [0, 0.05) is 6.54 Å². The quantitative estimate of drug-likeness (QED) is 0.330. The molecule has 2 amide bonds. The molecule has 2 unspecified atom stereocenters. The van der Waals surface area contributed by atoms with Crippen molar-refractivity contribution < 1.29 is 24.6 Å². The normalized spacial score (nSPS) is 42.7. The predicted molar refractivity (Wildman–Crippen MR) is 135 cm³/mol. The summed E-state index contributed by atoms with van der Waals surface area (Å²) in [6.07, 6.45) is 14.9. The number of aliphatic hydroxyl groups is 2. The van der Waals surface area contributed by atoms with Crippen molar-refractivity contribution in [1.29, 1.82) is 0 Å². The fraction of sp³-hybridized carbons (Fsp3) is 0.621. The maximum atomic E-state index is 12.8. The van der Waals surface area contributed by atoms with Gasteiger partial charge in [-0.3, -0.25) is 14.4 Å². The molecule has 4 N–H and O–H groups in total. The molecule has 2 aliphatic heterocycles. The van der Waals surface area contributed by atoms with E-state index in [4.69, 9.17) is 0 Å². The second kappa shape index (κ2) is 10.0. The van der Waals surface area contributed by atoms with E-state index in [0.717, 1.165) is 18.8 Å². The first-order chi connectivity index (χ1) is 17.3. The Morgan fingerprint density at radius 3 is 2.53 bits per heavy atom. The van der Waals surface area contributed by atoms with Crippen LogP contribution in [-0.2, 0) is 14.4 Å². The summed E-state index contributed by atoms with van der Waals surface area (Å²) in [5.74, 6) is 2.24. The van der Waals surface area contributed by atoms with Crippen molar-refractivity contribution in [2.24, 2.45) is 47.3 Å². The number of hydrogen-bond donors (Lipinski definition) is 4. The molecular formula is C29H38N2O5. The van der Waals surface area contributed by atoms with Gasteiger partial charge in [-0.05, 0) is 85.2 Å². The largest absolute Gasteiger partial charge is 0.507 e. The van der Waals surface area contributed by atoms with E-state index < -0.39 is 23.8 Å². The summed E-state index contributed by atoms with van der Waals surface area (Å²) in [5.41, 5.74) is -0.298. The average Bonchev–Trinajstić information content (AvgIpc) is 3.46. The molecule has 3 aliphatic carbocycles. The molecule has 0 aromatic carbocycles. The molecule has 7 heteroatoms. The Labute approximate surface area is 212 Å². The summed E-state index contributed by atoms with van der Waals surface area (Å²) in [6.45, 7) is 4.85. The van der Waals surface area contributed by atoms with Gasteiger partial charge in [0.25, 0.3) is 5.91 Å². The zero-order valence-corrected chi connectivity index (χ0v) is 21.1. The lowest BCUT2D eigenvalue weighted by Crippen LogP contribution is -2.42. The monoisotopic (exact) mass is 494 g/mol. The summed E-state index contributed by atoms with van der Waals surface area (Å²) in [7, 11) is 0. The van der Waals surface area contributed by atoms with E-state index in [9.17, 15) is 24.6 Å². The molecule has 0 radical (unpaired) electrons. The van der Waals surface area contributed by atoms with Crippen molar-refractivity contribution in [1.82, 2.24) is 10.6 Å². The van der Waals surface area contributed by atoms with Gasteiger partial charge in [-0.15, -0.1) is 0 Å². The lowest BCUT2D eigenvalue weighted by atomic mass is 9.69. The molecule has 10 atom stereocenters. The minimum atomic E-state index is -1.16. The Morgan fingerprint density at radius 2 is 1.75 bits per heavy atom. The van der Waals surface area contributed by atoms with Crippen molar-refractivity contribution in [2.45, 2.75) is 58.1 Å². The molecule has 0 spiro atoms. The highest BCUT2D eigenvalue weighted by atomic mass is 16.3. The first kappa shape index (κ1) is 25.0. The number of aliphatic hydroxyl groups excluding tert-OH is 2. The average molecular weight is 495 g/mol. The van der Waals surface area contributed by atoms with Crippen LogP contribution >= 0.6 is 0 Å². The van der Waals surface area contributed by atoms with E-state index in [2.05, 4.69) is 36.6 Å². The minimum absolute atomic E-state index is 0.110. The fourth-order valence-corrected chi connectivity index (χ4v) is 7.94. The van der Waals surface area contributed by atoms with E-state index in [1.807, 2.05) is 12.2 Å². The third-order valence-electron chi connectivity index (χ3n) is 9.63. The van der Waals surface area contributed by atoms with Crippen LogP contribution in [0.25, 0.3) is 0 Å². The van der Waals surface area contributed by atoms with Crippen LogP contribution in [0.15, 0.2) is 47.8 Å². The Kier molecular flexibility index (Phi) is 6.95. The van der Waals surface area contributed by atoms with Gasteiger partial charge in [-0.1, -0.05) is 44.6 Å². The second-order valence-corrected chi connectivity index (χ2v) is 11.4. The molecule has 2 heterocycles. The fourth-order valence-electron chi connectivity index (χ4n) is 7.94. The van der Waals surface area contributed by atoms with Gasteiger partial charge in [0.05, 0.1) is 6.10 Å². The SMILES string of the molecule is CCC1C(C)C[C@@H]2[C@H]3C[C@H]4C=CC(O)=C5C(=O)N[C@H](C5=O)[C@H](O)CCNC(=O)C=CC[C@@H]4[C@H]3C=C[C@@H]12. The standard InChI is InChI=1S/C29H38N2O5/c1-3-17-15(2)13-21-19(17)8-9-20-18-5-4-6-25(34)30-12-11-24(33)27-28(35)26(29(36)31-27)23(32)10-7-16(18)14-22(20)21/h4,6-10,15-22,24,27,32-33H,3,5,11-14H2,1-2H3,(H,30,34)(H,31,36)/t15?,16-,17?,18+,19+,20-,21+,22+,24-,27+/m1/s1. The van der Waals surface area contributed by atoms with Crippen LogP contribution in [0.3, 0.4) is 0 Å². The summed E-state index contributed by atoms with van der Waals surface area (Å²) >= 11 is 0. The van der Waals surface area contributed by atoms with Crippen molar-refractivity contribution in [2.75, 3.05) is 6.54 Å². The van der Waals surface area contributed by atoms with Crippen LogP contribution in [0.5, 0.6) is 0 Å². The number of fused-ring (bicyclic) bond motifs is 7. The highest BCUT2D eigenvalue weighted by Crippen LogP contribution is 2.59. The molecule has 7 nitrogen and oxygen atoms in total. The third-order valence-corrected chi connectivity index (χ3v) is 9.63. The van der Waals surface area contributed by atoms with Gasteiger partial charge in [-0.2, -0.15) is 0 Å². The van der Waals surface area contributed by atoms with Crippen molar-refractivity contribution in [3.8, 4) is 0 Å². The molecule has 0 aromatic heterocycles. The number of hydrogen-bond acceptors (Lipinski definition) is 5. The molecule has 1 saturated heterocycles. The van der Waals surface area contributed by atoms with E-state index in [-0.39, 0.29) is 42.0 Å². The number of rotatable bonds is 1. The Balaban J connectivity index is 1.47. The molecule has 36 heavy (non-hydrogen) atoms. The van der Waals surface area contributed by atoms with Crippen molar-refractivity contribution in [3.05, 3.63) is 47.8 Å². The zero-order chi connectivity index (χ0) is 25.6. The molecular weight excluding hydrogens is 456 g/mol. The maximum Gasteiger partial charge on any atom is 0.259 e. The third kappa shape index (κ3) is 4.36. The van der Waals surface area contributed by atoms with Crippen LogP contribution in [0.1, 0.15) is 46.0 Å². The maximum absolute atomic E-state index is 12.8. The van der Waals surface area contributed by atoms with Crippen LogP contribution < -0.4 is 10.6 Å². The number of ketones is 1. The van der Waals surface area contributed by atoms with E-state index >= 15 is 0 Å². The molecule has 3 fully saturated rings. The molecule has 0 aromatic rings. The number of Topliss-reactive ketones (excluding diaryl/α,β-unsaturated/α-hetero) is 1. The van der Waals surface area contributed by atoms with Crippen molar-refractivity contribution >= 4 is 17.6 Å². The van der Waals surface area contributed by atoms with Crippen LogP contribution in [0.2, 0.25) is 0 Å². The first-order valence-electron chi connectivity index (χ1n) is 13.6. The molecule has 2 bridgehead atoms. The minimum Gasteiger partial charge on any atom is -0.507 e. The van der Waals surface area contributed by atoms with Gasteiger partial charge in [0.15, 0.2) is 5.78 Å². The summed E-state index contributed by atoms with van der Waals surface area (Å²) in [6, 6.07) is -1.12. The van der Waals surface area contributed by atoms with E-state index in [0.29, 0.717) is 29.6 Å². The first-order valence-corrected chi connectivity index (χ1v) is 13.6. The van der Waals surface area contributed by atoms with Crippen LogP contribution in [0.4, 0.5) is 0 Å². The predicted octanol–water partition coefficient (Wildman–Crippen LogP) is 2.99. The number of nitrogens with one attached hydrogen (secondary N) is 2. The number of amides is 2. The highest BCUT2D eigenvalue weighted by molar-refractivity contribution is 6.27. The Hall–Kier alpha value is -2.67. The molecule has 2 saturated carbocycles. The Bertz CT molecular complexity index is 1040. The lowest BCUT2D eigenvalue weighted by Gasteiger charge is -2.35. The van der Waals surface area contributed by atoms with Gasteiger partial charge in [0.1, 0.15) is 17.4 Å². The van der Waals surface area contributed by atoms with Gasteiger partial charge < -0.3 is 20.8 Å². The molecule has 5 rings (SSSR count). The summed E-state index contributed by atoms with van der Waals surface area (Å²) in [4.78, 5) is 37.7. The number of carbonyl (C=O) groups excluding carboxylic acids is 3. The highest BCUT2D eigenvalue weighted by Gasteiger charge is 2.52. The lowest BCUT2D eigenvalue weighted by molar-refractivity contribution is -0.118.